The zero-order chi connectivity index (χ0) is 21.9. The monoisotopic (exact) mass is 414 g/mol. The fourth-order valence-electron chi connectivity index (χ4n) is 2.84. The lowest BCUT2D eigenvalue weighted by Crippen LogP contribution is -2.14. The van der Waals surface area contributed by atoms with Crippen LogP contribution in [0.1, 0.15) is 40.2 Å². The summed E-state index contributed by atoms with van der Waals surface area (Å²) < 4.78 is 37.9. The maximum Gasteiger partial charge on any atom is 0.416 e. The number of halogens is 3. The van der Waals surface area contributed by atoms with Gasteiger partial charge in [-0.3, -0.25) is 4.79 Å². The van der Waals surface area contributed by atoms with Crippen molar-refractivity contribution in [1.29, 1.82) is 0 Å². The Morgan fingerprint density at radius 2 is 1.63 bits per heavy atom. The van der Waals surface area contributed by atoms with Crippen LogP contribution in [-0.2, 0) is 6.18 Å². The lowest BCUT2D eigenvalue weighted by Gasteiger charge is -2.15. The van der Waals surface area contributed by atoms with E-state index in [9.17, 15) is 18.0 Å². The fourth-order valence-corrected chi connectivity index (χ4v) is 2.84. The summed E-state index contributed by atoms with van der Waals surface area (Å²) in [6.07, 6.45) is -2.72. The van der Waals surface area contributed by atoms with Gasteiger partial charge in [-0.2, -0.15) is 13.2 Å². The number of nitrogens with zero attached hydrogens (tertiary/aromatic N) is 3. The van der Waals surface area contributed by atoms with Crippen LogP contribution in [0.2, 0.25) is 0 Å². The third-order valence-electron chi connectivity index (χ3n) is 4.65. The first kappa shape index (κ1) is 21.3. The van der Waals surface area contributed by atoms with Crippen LogP contribution in [0.15, 0.2) is 60.8 Å². The van der Waals surface area contributed by atoms with Gasteiger partial charge in [-0.1, -0.05) is 19.1 Å². The summed E-state index contributed by atoms with van der Waals surface area (Å²) in [6.45, 7) is 1.99. The zero-order valence-electron chi connectivity index (χ0n) is 16.7. The van der Waals surface area contributed by atoms with Crippen LogP contribution in [0, 0.1) is 0 Å². The van der Waals surface area contributed by atoms with Gasteiger partial charge in [0.05, 0.1) is 5.56 Å². The highest BCUT2D eigenvalue weighted by Gasteiger charge is 2.30. The third-order valence-corrected chi connectivity index (χ3v) is 4.65. The normalized spacial score (nSPS) is 12.3. The predicted octanol–water partition coefficient (Wildman–Crippen LogP) is 4.97. The van der Waals surface area contributed by atoms with Crippen LogP contribution in [0.5, 0.6) is 0 Å². The molecular formula is C22H21F3N4O. The van der Waals surface area contributed by atoms with Crippen LogP contribution >= 0.6 is 0 Å². The van der Waals surface area contributed by atoms with E-state index in [0.29, 0.717) is 11.5 Å². The van der Waals surface area contributed by atoms with Crippen molar-refractivity contribution in [2.75, 3.05) is 24.3 Å². The van der Waals surface area contributed by atoms with Gasteiger partial charge < -0.3 is 10.2 Å². The molecular weight excluding hydrogens is 393 g/mol. The number of hydrogen-bond donors (Lipinski definition) is 1. The summed E-state index contributed by atoms with van der Waals surface area (Å²) in [4.78, 5) is 23.1. The molecule has 1 amide bonds. The minimum Gasteiger partial charge on any atom is -0.363 e. The van der Waals surface area contributed by atoms with E-state index < -0.39 is 17.6 Å². The maximum atomic E-state index is 12.6. The highest BCUT2D eigenvalue weighted by Crippen LogP contribution is 2.29. The number of benzene rings is 2. The number of rotatable bonds is 5. The number of amides is 1. The average Bonchev–Trinajstić information content (AvgIpc) is 2.73. The first-order chi connectivity index (χ1) is 14.1. The molecule has 0 aliphatic rings. The Bertz CT molecular complexity index is 1020. The summed E-state index contributed by atoms with van der Waals surface area (Å²) >= 11 is 0. The Labute approximate surface area is 172 Å². The van der Waals surface area contributed by atoms with E-state index in [1.165, 1.54) is 0 Å². The average molecular weight is 414 g/mol. The second-order valence-corrected chi connectivity index (χ2v) is 7.04. The molecule has 0 aliphatic carbocycles. The molecule has 0 radical (unpaired) electrons. The van der Waals surface area contributed by atoms with Gasteiger partial charge in [0.25, 0.3) is 5.91 Å². The van der Waals surface area contributed by atoms with Gasteiger partial charge >= 0.3 is 6.18 Å². The standard InChI is InChI=1S/C22H21F3N4O/c1-14(20-26-13-12-19(28-20)29(2)3)15-6-10-18(11-7-15)27-21(30)16-4-8-17(9-5-16)22(23,24)25/h4-14H,1-3H3,(H,27,30). The molecule has 0 saturated carbocycles. The summed E-state index contributed by atoms with van der Waals surface area (Å²) in [5.74, 6) is 0.964. The molecule has 3 aromatic rings. The van der Waals surface area contributed by atoms with Crippen LogP contribution in [0.25, 0.3) is 0 Å². The van der Waals surface area contributed by atoms with Gasteiger partial charge in [0.2, 0.25) is 0 Å². The van der Waals surface area contributed by atoms with Crippen LogP contribution in [0.3, 0.4) is 0 Å². The molecule has 1 N–H and O–H groups in total. The Balaban J connectivity index is 1.69. The molecule has 1 heterocycles. The van der Waals surface area contributed by atoms with Crippen molar-refractivity contribution >= 4 is 17.4 Å². The van der Waals surface area contributed by atoms with E-state index in [-0.39, 0.29) is 11.5 Å². The van der Waals surface area contributed by atoms with E-state index >= 15 is 0 Å². The van der Waals surface area contributed by atoms with Gasteiger partial charge in [-0.25, -0.2) is 9.97 Å². The first-order valence-electron chi connectivity index (χ1n) is 9.24. The number of alkyl halides is 3. The van der Waals surface area contributed by atoms with Crippen LogP contribution in [-0.4, -0.2) is 30.0 Å². The van der Waals surface area contributed by atoms with E-state index in [0.717, 1.165) is 35.6 Å². The molecule has 1 atom stereocenters. The molecule has 30 heavy (non-hydrogen) atoms. The predicted molar refractivity (Wildman–Crippen MR) is 110 cm³/mol. The smallest absolute Gasteiger partial charge is 0.363 e. The minimum absolute atomic E-state index is 0.0513. The number of hydrogen-bond acceptors (Lipinski definition) is 4. The van der Waals surface area contributed by atoms with Gasteiger partial charge in [-0.15, -0.1) is 0 Å². The summed E-state index contributed by atoms with van der Waals surface area (Å²) in [5.41, 5.74) is 0.865. The fraction of sp³-hybridized carbons (Fsp3) is 0.227. The van der Waals surface area contributed by atoms with E-state index in [2.05, 4.69) is 15.3 Å². The van der Waals surface area contributed by atoms with Crippen molar-refractivity contribution < 1.29 is 18.0 Å². The zero-order valence-corrected chi connectivity index (χ0v) is 16.7. The minimum atomic E-state index is -4.43. The number of aromatic nitrogens is 2. The second kappa shape index (κ2) is 8.52. The molecule has 3 rings (SSSR count). The summed E-state index contributed by atoms with van der Waals surface area (Å²) in [5, 5.41) is 2.69. The largest absolute Gasteiger partial charge is 0.416 e. The molecule has 5 nitrogen and oxygen atoms in total. The highest BCUT2D eigenvalue weighted by atomic mass is 19.4. The van der Waals surface area contributed by atoms with Crippen molar-refractivity contribution in [3.63, 3.8) is 0 Å². The van der Waals surface area contributed by atoms with Gasteiger partial charge in [0.15, 0.2) is 0 Å². The quantitative estimate of drug-likeness (QED) is 0.641. The van der Waals surface area contributed by atoms with E-state index in [1.54, 1.807) is 18.3 Å². The number of anilines is 2. The molecule has 8 heteroatoms. The molecule has 2 aromatic carbocycles. The first-order valence-corrected chi connectivity index (χ1v) is 9.24. The van der Waals surface area contributed by atoms with Gasteiger partial charge in [-0.05, 0) is 48.0 Å². The Morgan fingerprint density at radius 1 is 1.00 bits per heavy atom. The Kier molecular flexibility index (Phi) is 6.05. The molecule has 1 aromatic heterocycles. The molecule has 0 aliphatic heterocycles. The topological polar surface area (TPSA) is 58.1 Å². The number of nitrogens with one attached hydrogen (secondary N) is 1. The summed E-state index contributed by atoms with van der Waals surface area (Å²) in [7, 11) is 3.82. The van der Waals surface area contributed by atoms with E-state index in [1.807, 2.05) is 44.1 Å². The number of carbonyl (C=O) groups excluding carboxylic acids is 1. The lowest BCUT2D eigenvalue weighted by atomic mass is 10.00. The van der Waals surface area contributed by atoms with E-state index in [4.69, 9.17) is 0 Å². The van der Waals surface area contributed by atoms with Crippen LogP contribution in [0.4, 0.5) is 24.7 Å². The van der Waals surface area contributed by atoms with Crippen LogP contribution < -0.4 is 10.2 Å². The highest BCUT2D eigenvalue weighted by molar-refractivity contribution is 6.04. The molecule has 0 saturated heterocycles. The lowest BCUT2D eigenvalue weighted by molar-refractivity contribution is -0.137. The second-order valence-electron chi connectivity index (χ2n) is 7.04. The van der Waals surface area contributed by atoms with Crippen molar-refractivity contribution in [3.05, 3.63) is 83.3 Å². The third kappa shape index (κ3) is 4.94. The Hall–Kier alpha value is -3.42. The van der Waals surface area contributed by atoms with Crippen molar-refractivity contribution in [1.82, 2.24) is 9.97 Å². The molecule has 0 fully saturated rings. The van der Waals surface area contributed by atoms with Gasteiger partial charge in [0, 0.05) is 37.5 Å². The molecule has 0 bridgehead atoms. The van der Waals surface area contributed by atoms with Crippen molar-refractivity contribution in [3.8, 4) is 0 Å². The maximum absolute atomic E-state index is 12.6. The summed E-state index contributed by atoms with van der Waals surface area (Å²) in [6, 6.07) is 13.1. The molecule has 156 valence electrons. The SMILES string of the molecule is CC(c1ccc(NC(=O)c2ccc(C(F)(F)F)cc2)cc1)c1nccc(N(C)C)n1. The van der Waals surface area contributed by atoms with Crippen molar-refractivity contribution in [2.24, 2.45) is 0 Å². The molecule has 0 spiro atoms. The Morgan fingerprint density at radius 3 is 2.20 bits per heavy atom. The molecule has 1 unspecified atom stereocenters. The van der Waals surface area contributed by atoms with Crippen molar-refractivity contribution in [2.45, 2.75) is 19.0 Å². The number of carbonyl (C=O) groups is 1. The van der Waals surface area contributed by atoms with Gasteiger partial charge in [0.1, 0.15) is 11.6 Å².